The molecular weight excluding hydrogens is 284 g/mol. The van der Waals surface area contributed by atoms with Gasteiger partial charge in [-0.15, -0.1) is 0 Å². The van der Waals surface area contributed by atoms with Crippen molar-refractivity contribution in [2.75, 3.05) is 5.43 Å². The Labute approximate surface area is 125 Å². The molecule has 1 aromatic carbocycles. The molecule has 1 aliphatic heterocycles. The van der Waals surface area contributed by atoms with E-state index >= 15 is 0 Å². The zero-order valence-corrected chi connectivity index (χ0v) is 11.5. The molecule has 0 aromatic heterocycles. The van der Waals surface area contributed by atoms with Gasteiger partial charge in [0.05, 0.1) is 16.8 Å². The van der Waals surface area contributed by atoms with Gasteiger partial charge in [0.1, 0.15) is 6.07 Å². The fourth-order valence-corrected chi connectivity index (χ4v) is 2.26. The topological polar surface area (TPSA) is 135 Å². The maximum absolute atomic E-state index is 12.3. The molecule has 1 aliphatic carbocycles. The molecule has 0 unspecified atom stereocenters. The van der Waals surface area contributed by atoms with Gasteiger partial charge >= 0.3 is 0 Å². The fourth-order valence-electron chi connectivity index (χ4n) is 2.26. The number of fused-ring (bicyclic) bond motifs is 1. The monoisotopic (exact) mass is 296 g/mol. The largest absolute Gasteiger partial charge is 0.382 e. The van der Waals surface area contributed by atoms with Gasteiger partial charge in [-0.05, 0) is 31.0 Å². The van der Waals surface area contributed by atoms with Crippen LogP contribution < -0.4 is 11.2 Å². The number of carbonyl (C=O) groups is 2. The summed E-state index contributed by atoms with van der Waals surface area (Å²) in [6.07, 6.45) is 1.70. The third-order valence-electron chi connectivity index (χ3n) is 3.49. The molecule has 8 heteroatoms. The second kappa shape index (κ2) is 4.96. The van der Waals surface area contributed by atoms with Gasteiger partial charge in [0.15, 0.2) is 5.84 Å². The van der Waals surface area contributed by atoms with Crippen molar-refractivity contribution in [3.05, 3.63) is 29.3 Å². The maximum Gasteiger partial charge on any atom is 0.261 e. The molecule has 0 radical (unpaired) electrons. The molecule has 1 heterocycles. The quantitative estimate of drug-likeness (QED) is 0.325. The highest BCUT2D eigenvalue weighted by molar-refractivity contribution is 6.45. The lowest BCUT2D eigenvalue weighted by Crippen LogP contribution is -2.31. The summed E-state index contributed by atoms with van der Waals surface area (Å²) in [4.78, 5) is 25.7. The highest BCUT2D eigenvalue weighted by Crippen LogP contribution is 2.35. The van der Waals surface area contributed by atoms with Crippen LogP contribution in [0.25, 0.3) is 0 Å². The van der Waals surface area contributed by atoms with E-state index in [1.54, 1.807) is 18.2 Å². The number of nitrogens with two attached hydrogens (primary N) is 1. The first-order chi connectivity index (χ1) is 10.5. The molecule has 2 amide bonds. The summed E-state index contributed by atoms with van der Waals surface area (Å²) in [5, 5.41) is 19.6. The number of hydrogen-bond donors (Lipinski definition) is 3. The first-order valence-corrected chi connectivity index (χ1v) is 6.63. The zero-order chi connectivity index (χ0) is 15.9. The molecule has 0 atom stereocenters. The van der Waals surface area contributed by atoms with Crippen molar-refractivity contribution in [1.29, 1.82) is 10.7 Å². The van der Waals surface area contributed by atoms with Crippen molar-refractivity contribution in [2.45, 2.75) is 18.9 Å². The smallest absolute Gasteiger partial charge is 0.261 e. The highest BCUT2D eigenvalue weighted by atomic mass is 16.2. The Morgan fingerprint density at radius 1 is 1.36 bits per heavy atom. The van der Waals surface area contributed by atoms with E-state index in [0.29, 0.717) is 16.8 Å². The van der Waals surface area contributed by atoms with Crippen LogP contribution in [0.5, 0.6) is 0 Å². The standard InChI is InChI=1S/C14H12N6O2/c15-6-11(12(16)17)19-18-7-1-4-9-10(5-7)14(22)20(13(9)21)8-2-3-8/h1,4-5,8,18H,2-3H2,(H3,16,17)/b19-11+. The molecule has 1 fully saturated rings. The fraction of sp³-hybridized carbons (Fsp3) is 0.214. The lowest BCUT2D eigenvalue weighted by molar-refractivity contribution is 0.0642. The summed E-state index contributed by atoms with van der Waals surface area (Å²) in [5.74, 6) is -1.02. The van der Waals surface area contributed by atoms with E-state index in [1.807, 2.05) is 0 Å². The predicted octanol–water partition coefficient (Wildman–Crippen LogP) is 0.672. The number of hydrogen-bond acceptors (Lipinski definition) is 6. The second-order valence-electron chi connectivity index (χ2n) is 5.07. The Kier molecular flexibility index (Phi) is 3.10. The zero-order valence-electron chi connectivity index (χ0n) is 11.5. The molecule has 3 rings (SSSR count). The van der Waals surface area contributed by atoms with Crippen molar-refractivity contribution < 1.29 is 9.59 Å². The van der Waals surface area contributed by atoms with E-state index in [2.05, 4.69) is 10.5 Å². The molecule has 0 bridgehead atoms. The van der Waals surface area contributed by atoms with E-state index in [4.69, 9.17) is 16.4 Å². The van der Waals surface area contributed by atoms with Crippen LogP contribution in [0.1, 0.15) is 33.6 Å². The van der Waals surface area contributed by atoms with Crippen LogP contribution in [0, 0.1) is 16.7 Å². The number of nitriles is 1. The summed E-state index contributed by atoms with van der Waals surface area (Å²) in [6.45, 7) is 0. The van der Waals surface area contributed by atoms with Gasteiger partial charge in [-0.3, -0.25) is 25.3 Å². The number of amidine groups is 1. The van der Waals surface area contributed by atoms with Gasteiger partial charge in [0.25, 0.3) is 11.8 Å². The Bertz CT molecular complexity index is 772. The highest BCUT2D eigenvalue weighted by Gasteiger charge is 2.44. The average Bonchev–Trinajstić information content (AvgIpc) is 3.28. The van der Waals surface area contributed by atoms with Crippen LogP contribution in [-0.2, 0) is 0 Å². The predicted molar refractivity (Wildman–Crippen MR) is 78.5 cm³/mol. The van der Waals surface area contributed by atoms with Gasteiger partial charge in [0, 0.05) is 6.04 Å². The summed E-state index contributed by atoms with van der Waals surface area (Å²) >= 11 is 0. The van der Waals surface area contributed by atoms with E-state index in [1.165, 1.54) is 11.0 Å². The number of amides is 2. The van der Waals surface area contributed by atoms with Crippen molar-refractivity contribution >= 4 is 29.0 Å². The van der Waals surface area contributed by atoms with E-state index in [0.717, 1.165) is 12.8 Å². The molecule has 4 N–H and O–H groups in total. The number of hydrazone groups is 1. The molecule has 8 nitrogen and oxygen atoms in total. The van der Waals surface area contributed by atoms with Crippen molar-refractivity contribution in [3.8, 4) is 6.07 Å². The van der Waals surface area contributed by atoms with Crippen molar-refractivity contribution in [3.63, 3.8) is 0 Å². The number of rotatable bonds is 4. The lowest BCUT2D eigenvalue weighted by Gasteiger charge is -2.11. The molecule has 1 saturated carbocycles. The molecule has 0 saturated heterocycles. The second-order valence-corrected chi connectivity index (χ2v) is 5.07. The molecule has 110 valence electrons. The Balaban J connectivity index is 1.87. The van der Waals surface area contributed by atoms with E-state index in [-0.39, 0.29) is 23.6 Å². The van der Waals surface area contributed by atoms with Gasteiger partial charge in [-0.2, -0.15) is 10.4 Å². The number of carbonyl (C=O) groups excluding carboxylic acids is 2. The number of nitrogens with one attached hydrogen (secondary N) is 2. The first kappa shape index (κ1) is 13.8. The average molecular weight is 296 g/mol. The minimum atomic E-state index is -0.456. The Morgan fingerprint density at radius 3 is 2.64 bits per heavy atom. The van der Waals surface area contributed by atoms with Crippen molar-refractivity contribution in [1.82, 2.24) is 4.90 Å². The van der Waals surface area contributed by atoms with Crippen LogP contribution in [0.3, 0.4) is 0 Å². The van der Waals surface area contributed by atoms with Crippen LogP contribution >= 0.6 is 0 Å². The lowest BCUT2D eigenvalue weighted by atomic mass is 10.1. The summed E-state index contributed by atoms with van der Waals surface area (Å²) in [5.41, 5.74) is 8.62. The van der Waals surface area contributed by atoms with Crippen LogP contribution in [0.15, 0.2) is 23.3 Å². The number of imide groups is 1. The van der Waals surface area contributed by atoms with E-state index in [9.17, 15) is 9.59 Å². The van der Waals surface area contributed by atoms with Crippen LogP contribution in [-0.4, -0.2) is 34.3 Å². The first-order valence-electron chi connectivity index (χ1n) is 6.63. The van der Waals surface area contributed by atoms with Gasteiger partial charge in [0.2, 0.25) is 5.71 Å². The molecular formula is C14H12N6O2. The minimum Gasteiger partial charge on any atom is -0.382 e. The molecule has 22 heavy (non-hydrogen) atoms. The summed E-state index contributed by atoms with van der Waals surface area (Å²) in [6, 6.07) is 6.34. The summed E-state index contributed by atoms with van der Waals surface area (Å²) < 4.78 is 0. The SMILES string of the molecule is N#C/C(=N\Nc1ccc2c(c1)C(=O)N(C1CC1)C2=O)C(=N)N. The van der Waals surface area contributed by atoms with Crippen LogP contribution in [0.4, 0.5) is 5.69 Å². The maximum atomic E-state index is 12.3. The summed E-state index contributed by atoms with van der Waals surface area (Å²) in [7, 11) is 0. The molecule has 0 spiro atoms. The van der Waals surface area contributed by atoms with Crippen LogP contribution in [0.2, 0.25) is 0 Å². The third kappa shape index (κ3) is 2.18. The van der Waals surface area contributed by atoms with Gasteiger partial charge in [-0.25, -0.2) is 0 Å². The minimum absolute atomic E-state index is 0.0183. The molecule has 2 aliphatic rings. The number of benzene rings is 1. The molecule has 1 aromatic rings. The number of anilines is 1. The Hall–Kier alpha value is -3.21. The van der Waals surface area contributed by atoms with E-state index < -0.39 is 5.84 Å². The van der Waals surface area contributed by atoms with Crippen molar-refractivity contribution in [2.24, 2.45) is 10.8 Å². The van der Waals surface area contributed by atoms with Gasteiger partial charge in [-0.1, -0.05) is 0 Å². The van der Waals surface area contributed by atoms with Gasteiger partial charge < -0.3 is 5.73 Å². The Morgan fingerprint density at radius 2 is 2.05 bits per heavy atom. The third-order valence-corrected chi connectivity index (χ3v) is 3.49. The number of nitrogens with zero attached hydrogens (tertiary/aromatic N) is 3. The normalized spacial score (nSPS) is 17.2.